The second-order valence-electron chi connectivity index (χ2n) is 6.80. The molecule has 1 aromatic heterocycles. The van der Waals surface area contributed by atoms with Crippen LogP contribution in [0.25, 0.3) is 0 Å². The van der Waals surface area contributed by atoms with Crippen LogP contribution in [0.15, 0.2) is 72.2 Å². The number of nitrogens with zero attached hydrogens (tertiary/aromatic N) is 4. The van der Waals surface area contributed by atoms with Crippen LogP contribution in [0.4, 0.5) is 8.78 Å². The summed E-state index contributed by atoms with van der Waals surface area (Å²) in [6.07, 6.45) is 4.50. The van der Waals surface area contributed by atoms with Gasteiger partial charge in [-0.2, -0.15) is 5.10 Å². The zero-order valence-electron chi connectivity index (χ0n) is 15.7. The van der Waals surface area contributed by atoms with Crippen molar-refractivity contribution < 1.29 is 13.9 Å². The predicted octanol–water partition coefficient (Wildman–Crippen LogP) is 3.89. The minimum atomic E-state index is -1.67. The molecule has 0 aliphatic heterocycles. The Morgan fingerprint density at radius 3 is 2.69 bits per heavy atom. The minimum Gasteiger partial charge on any atom is -0.382 e. The first-order chi connectivity index (χ1) is 13.9. The van der Waals surface area contributed by atoms with E-state index in [2.05, 4.69) is 32.6 Å². The van der Waals surface area contributed by atoms with Crippen molar-refractivity contribution in [3.8, 4) is 0 Å². The molecule has 0 fully saturated rings. The van der Waals surface area contributed by atoms with Crippen molar-refractivity contribution >= 4 is 15.9 Å². The summed E-state index contributed by atoms with van der Waals surface area (Å²) >= 11 is 3.53. The lowest BCUT2D eigenvalue weighted by Gasteiger charge is -2.34. The van der Waals surface area contributed by atoms with Gasteiger partial charge in [0.05, 0.1) is 6.54 Å². The second-order valence-corrected chi connectivity index (χ2v) is 7.65. The van der Waals surface area contributed by atoms with Gasteiger partial charge in [0.25, 0.3) is 0 Å². The normalized spacial score (nSPS) is 13.4. The van der Waals surface area contributed by atoms with E-state index in [1.807, 2.05) is 29.2 Å². The molecule has 0 bridgehead atoms. The Morgan fingerprint density at radius 2 is 2.03 bits per heavy atom. The van der Waals surface area contributed by atoms with Crippen LogP contribution in [0.5, 0.6) is 0 Å². The third-order valence-corrected chi connectivity index (χ3v) is 5.32. The predicted molar refractivity (Wildman–Crippen MR) is 110 cm³/mol. The van der Waals surface area contributed by atoms with Gasteiger partial charge in [0.2, 0.25) is 0 Å². The molecule has 8 heteroatoms. The average Bonchev–Trinajstić information content (AvgIpc) is 3.16. The summed E-state index contributed by atoms with van der Waals surface area (Å²) in [6.45, 7) is 4.77. The van der Waals surface area contributed by atoms with Gasteiger partial charge in [-0.1, -0.05) is 46.3 Å². The molecule has 152 valence electrons. The second kappa shape index (κ2) is 9.39. The standard InChI is InChI=1S/C21H21BrF2N4O/c1-2-9-27(11-16-5-3-4-6-19(16)22)12-21(29,13-28-15-25-14-26-28)18-8-7-17(23)10-20(18)24/h2-8,10,14-15,29H,1,9,11-13H2/t21-/m0/s1. The van der Waals surface area contributed by atoms with Gasteiger partial charge in [-0.15, -0.1) is 6.58 Å². The highest BCUT2D eigenvalue weighted by molar-refractivity contribution is 9.10. The summed E-state index contributed by atoms with van der Waals surface area (Å²) in [6, 6.07) is 10.9. The third-order valence-electron chi connectivity index (χ3n) is 4.55. The van der Waals surface area contributed by atoms with E-state index < -0.39 is 17.2 Å². The zero-order chi connectivity index (χ0) is 20.9. The first-order valence-electron chi connectivity index (χ1n) is 8.98. The number of hydrogen-bond acceptors (Lipinski definition) is 4. The molecule has 1 atom stereocenters. The monoisotopic (exact) mass is 462 g/mol. The SMILES string of the molecule is C=CCN(Cc1ccccc1Br)C[C@](O)(Cn1cncn1)c1ccc(F)cc1F. The molecule has 0 saturated heterocycles. The van der Waals surface area contributed by atoms with E-state index in [1.54, 1.807) is 6.08 Å². The maximum Gasteiger partial charge on any atom is 0.137 e. The molecule has 29 heavy (non-hydrogen) atoms. The van der Waals surface area contributed by atoms with Gasteiger partial charge in [0.15, 0.2) is 0 Å². The van der Waals surface area contributed by atoms with Gasteiger partial charge in [-0.05, 0) is 17.7 Å². The van der Waals surface area contributed by atoms with Crippen LogP contribution in [0, 0.1) is 11.6 Å². The van der Waals surface area contributed by atoms with Gasteiger partial charge in [0, 0.05) is 35.7 Å². The molecule has 2 aromatic carbocycles. The highest BCUT2D eigenvalue weighted by Gasteiger charge is 2.35. The average molecular weight is 463 g/mol. The van der Waals surface area contributed by atoms with E-state index in [1.165, 1.54) is 23.4 Å². The molecule has 5 nitrogen and oxygen atoms in total. The Morgan fingerprint density at radius 1 is 1.24 bits per heavy atom. The van der Waals surface area contributed by atoms with E-state index in [0.717, 1.165) is 22.2 Å². The van der Waals surface area contributed by atoms with Crippen LogP contribution < -0.4 is 0 Å². The molecular formula is C21H21BrF2N4O. The summed E-state index contributed by atoms with van der Waals surface area (Å²) in [5.41, 5.74) is -0.664. The molecule has 0 amide bonds. The molecule has 0 aliphatic carbocycles. The van der Waals surface area contributed by atoms with E-state index in [4.69, 9.17) is 0 Å². The largest absolute Gasteiger partial charge is 0.382 e. The van der Waals surface area contributed by atoms with Crippen LogP contribution in [0.2, 0.25) is 0 Å². The van der Waals surface area contributed by atoms with Crippen molar-refractivity contribution in [3.63, 3.8) is 0 Å². The summed E-state index contributed by atoms with van der Waals surface area (Å²) in [7, 11) is 0. The first kappa shape index (κ1) is 21.3. The number of aromatic nitrogens is 3. The van der Waals surface area contributed by atoms with Crippen molar-refractivity contribution in [2.24, 2.45) is 0 Å². The molecule has 0 aliphatic rings. The lowest BCUT2D eigenvalue weighted by atomic mass is 9.92. The van der Waals surface area contributed by atoms with Crippen LogP contribution in [-0.4, -0.2) is 37.9 Å². The molecule has 0 radical (unpaired) electrons. The fraction of sp³-hybridized carbons (Fsp3) is 0.238. The van der Waals surface area contributed by atoms with Gasteiger partial charge < -0.3 is 5.11 Å². The highest BCUT2D eigenvalue weighted by atomic mass is 79.9. The van der Waals surface area contributed by atoms with Gasteiger partial charge in [0.1, 0.15) is 29.9 Å². The first-order valence-corrected chi connectivity index (χ1v) is 9.77. The molecule has 0 spiro atoms. The van der Waals surface area contributed by atoms with E-state index in [0.29, 0.717) is 13.1 Å². The van der Waals surface area contributed by atoms with E-state index in [-0.39, 0.29) is 18.7 Å². The van der Waals surface area contributed by atoms with Crippen molar-refractivity contribution in [1.82, 2.24) is 19.7 Å². The van der Waals surface area contributed by atoms with Crippen molar-refractivity contribution in [2.75, 3.05) is 13.1 Å². The molecule has 3 rings (SSSR count). The van der Waals surface area contributed by atoms with Crippen molar-refractivity contribution in [3.05, 3.63) is 95.0 Å². The van der Waals surface area contributed by atoms with Crippen LogP contribution in [0.1, 0.15) is 11.1 Å². The van der Waals surface area contributed by atoms with Crippen LogP contribution in [-0.2, 0) is 18.7 Å². The molecule has 1 N–H and O–H groups in total. The maximum atomic E-state index is 14.6. The smallest absolute Gasteiger partial charge is 0.137 e. The van der Waals surface area contributed by atoms with Crippen molar-refractivity contribution in [1.29, 1.82) is 0 Å². The Kier molecular flexibility index (Phi) is 6.89. The molecule has 0 unspecified atom stereocenters. The highest BCUT2D eigenvalue weighted by Crippen LogP contribution is 2.29. The van der Waals surface area contributed by atoms with Gasteiger partial charge in [-0.25, -0.2) is 18.4 Å². The number of benzene rings is 2. The topological polar surface area (TPSA) is 54.2 Å². The molecule has 3 aromatic rings. The summed E-state index contributed by atoms with van der Waals surface area (Å²) in [4.78, 5) is 5.82. The fourth-order valence-corrected chi connectivity index (χ4v) is 3.68. The lowest BCUT2D eigenvalue weighted by Crippen LogP contribution is -2.44. The molecular weight excluding hydrogens is 442 g/mol. The van der Waals surface area contributed by atoms with Gasteiger partial charge in [-0.3, -0.25) is 4.90 Å². The maximum absolute atomic E-state index is 14.6. The molecule has 1 heterocycles. The summed E-state index contributed by atoms with van der Waals surface area (Å²) in [5.74, 6) is -1.52. The molecule has 0 saturated carbocycles. The summed E-state index contributed by atoms with van der Waals surface area (Å²) in [5, 5.41) is 15.6. The number of halogens is 3. The summed E-state index contributed by atoms with van der Waals surface area (Å²) < 4.78 is 30.4. The van der Waals surface area contributed by atoms with Crippen LogP contribution in [0.3, 0.4) is 0 Å². The fourth-order valence-electron chi connectivity index (χ4n) is 3.27. The quantitative estimate of drug-likeness (QED) is 0.490. The van der Waals surface area contributed by atoms with E-state index in [9.17, 15) is 13.9 Å². The zero-order valence-corrected chi connectivity index (χ0v) is 17.3. The van der Waals surface area contributed by atoms with Gasteiger partial charge >= 0.3 is 0 Å². The number of aliphatic hydroxyl groups is 1. The number of rotatable bonds is 9. The van der Waals surface area contributed by atoms with Crippen LogP contribution >= 0.6 is 15.9 Å². The minimum absolute atomic E-state index is 0.00408. The Bertz CT molecular complexity index is 967. The Labute approximate surface area is 176 Å². The number of hydrogen-bond donors (Lipinski definition) is 1. The lowest BCUT2D eigenvalue weighted by molar-refractivity contribution is -0.0210. The Balaban J connectivity index is 1.95. The van der Waals surface area contributed by atoms with Crippen molar-refractivity contribution in [2.45, 2.75) is 18.7 Å². The third kappa shape index (κ3) is 5.35. The Hall–Kier alpha value is -2.42. The van der Waals surface area contributed by atoms with E-state index >= 15 is 0 Å².